The summed E-state index contributed by atoms with van der Waals surface area (Å²) in [4.78, 5) is 0. The van der Waals surface area contributed by atoms with Crippen molar-refractivity contribution in [1.29, 1.82) is 0 Å². The minimum Gasteiger partial charge on any atom is -0.456 e. The molecule has 0 bridgehead atoms. The van der Waals surface area contributed by atoms with Crippen molar-refractivity contribution < 1.29 is 114 Å². The van der Waals surface area contributed by atoms with E-state index in [-0.39, 0.29) is 79.3 Å². The number of rotatable bonds is 63. The second kappa shape index (κ2) is 67.2. The third-order valence-electron chi connectivity index (χ3n) is 16.3. The van der Waals surface area contributed by atoms with Gasteiger partial charge in [-0.1, -0.05) is 59.3 Å². The largest absolute Gasteiger partial charge is 0.456 e. The first-order valence-electron chi connectivity index (χ1n) is 42.1. The molecule has 0 saturated heterocycles. The Morgan fingerprint density at radius 3 is 0.414 bits per heavy atom. The maximum absolute atomic E-state index is 9.17. The maximum atomic E-state index is 9.17. The van der Waals surface area contributed by atoms with E-state index in [0.717, 1.165) is 74.8 Å². The molecular formula is C75H186O24Si12. The number of hydrogen-bond acceptors (Lipinski definition) is 24. The summed E-state index contributed by atoms with van der Waals surface area (Å²) in [5, 5.41) is 107. The summed E-state index contributed by atoms with van der Waals surface area (Å²) in [6.07, 6.45) is 8.80. The first kappa shape index (κ1) is 123. The van der Waals surface area contributed by atoms with E-state index < -0.39 is 136 Å². The summed E-state index contributed by atoms with van der Waals surface area (Å²) in [6, 6.07) is 10.2. The molecule has 0 amide bonds. The van der Waals surface area contributed by atoms with Gasteiger partial charge in [0.2, 0.25) is 0 Å². The van der Waals surface area contributed by atoms with Crippen LogP contribution >= 0.6 is 0 Å². The molecule has 0 spiro atoms. The molecule has 6 unspecified atom stereocenters. The van der Waals surface area contributed by atoms with Gasteiger partial charge in [0.05, 0.1) is 79.3 Å². The first-order chi connectivity index (χ1) is 50.7. The van der Waals surface area contributed by atoms with Gasteiger partial charge >= 0.3 is 0 Å². The molecule has 24 nitrogen and oxygen atoms in total. The van der Waals surface area contributed by atoms with Crippen molar-refractivity contribution in [1.82, 2.24) is 0 Å². The van der Waals surface area contributed by atoms with E-state index in [4.69, 9.17) is 114 Å². The van der Waals surface area contributed by atoms with Gasteiger partial charge in [-0.3, -0.25) is 0 Å². The van der Waals surface area contributed by atoms with Gasteiger partial charge in [-0.15, -0.1) is 0 Å². The predicted octanol–water partition coefficient (Wildman–Crippen LogP) is 14.3. The lowest BCUT2D eigenvalue weighted by Gasteiger charge is -2.34. The van der Waals surface area contributed by atoms with Gasteiger partial charge < -0.3 is 114 Å². The van der Waals surface area contributed by atoms with E-state index in [2.05, 4.69) is 198 Å². The van der Waals surface area contributed by atoms with Gasteiger partial charge in [0, 0.05) is 39.6 Å². The number of ether oxygens (including phenoxy) is 6. The Kier molecular flexibility index (Phi) is 74.7. The standard InChI is InChI=1S/3C14H34O4Si2.3C11H28O4Si2/c3*1-6-7-10-19(2,3)18-20(4,5)11-8-9-17-13-14(16)12-15;3*1-16(2,3)15-17(4,5)8-6-7-14-10-11(13)9-12/h3*14-16H,6-13H2,1-5H3;3*11-13H,6-10H2,1-5H3. The van der Waals surface area contributed by atoms with E-state index >= 15 is 0 Å². The van der Waals surface area contributed by atoms with Crippen molar-refractivity contribution in [2.75, 3.05) is 119 Å². The summed E-state index contributed by atoms with van der Waals surface area (Å²) in [5.41, 5.74) is 0. The molecule has 0 aromatic rings. The molecule has 6 atom stereocenters. The number of aliphatic hydroxyl groups excluding tert-OH is 12. The van der Waals surface area contributed by atoms with Gasteiger partial charge in [0.25, 0.3) is 0 Å². The van der Waals surface area contributed by atoms with Gasteiger partial charge in [-0.05, 0) is 270 Å². The van der Waals surface area contributed by atoms with Crippen LogP contribution in [0.1, 0.15) is 97.8 Å². The van der Waals surface area contributed by atoms with Crippen LogP contribution in [-0.4, -0.2) is 317 Å². The Bertz CT molecular complexity index is 1860. The van der Waals surface area contributed by atoms with Gasteiger partial charge in [-0.2, -0.15) is 0 Å². The highest BCUT2D eigenvalue weighted by Gasteiger charge is 2.36. The van der Waals surface area contributed by atoms with Gasteiger partial charge in [0.1, 0.15) is 36.6 Å². The molecule has 0 radical (unpaired) electrons. The third kappa shape index (κ3) is 95.3. The predicted molar refractivity (Wildman–Crippen MR) is 493 cm³/mol. The Morgan fingerprint density at radius 2 is 0.306 bits per heavy atom. The Hall–Kier alpha value is 1.64. The van der Waals surface area contributed by atoms with Crippen LogP contribution in [0.25, 0.3) is 0 Å². The summed E-state index contributed by atoms with van der Waals surface area (Å²) < 4.78 is 70.0. The summed E-state index contributed by atoms with van der Waals surface area (Å²) in [6.45, 7) is 71.5. The van der Waals surface area contributed by atoms with E-state index in [0.29, 0.717) is 39.6 Å². The van der Waals surface area contributed by atoms with Crippen molar-refractivity contribution >= 4 is 99.8 Å². The van der Waals surface area contributed by atoms with Crippen LogP contribution in [0, 0.1) is 0 Å². The zero-order valence-corrected chi connectivity index (χ0v) is 89.3. The molecular weight excluding hydrogens is 1620 g/mol. The Balaban J connectivity index is -0.000000298. The van der Waals surface area contributed by atoms with E-state index in [1.807, 2.05) is 0 Å². The normalized spacial score (nSPS) is 14.8. The Labute approximate surface area is 694 Å². The topological polar surface area (TPSA) is 354 Å². The molecule has 0 rings (SSSR count). The minimum atomic E-state index is -1.60. The smallest absolute Gasteiger partial charge is 0.173 e. The van der Waals surface area contributed by atoms with Crippen molar-refractivity contribution in [3.63, 3.8) is 0 Å². The highest BCUT2D eigenvalue weighted by atomic mass is 28.4. The molecule has 0 aromatic carbocycles. The average Bonchev–Trinajstić information content (AvgIpc) is 0.690. The molecule has 12 N–H and O–H groups in total. The summed E-state index contributed by atoms with van der Waals surface area (Å²) in [5.74, 6) is 0. The van der Waals surface area contributed by atoms with Crippen LogP contribution in [0.4, 0.5) is 0 Å². The number of aliphatic hydroxyl groups is 12. The molecule has 111 heavy (non-hydrogen) atoms. The average molecular weight is 1810 g/mol. The molecule has 0 aromatic heterocycles. The number of unbranched alkanes of at least 4 members (excludes halogenated alkanes) is 3. The molecule has 0 fully saturated rings. The van der Waals surface area contributed by atoms with Crippen LogP contribution in [0.2, 0.25) is 231 Å². The quantitative estimate of drug-likeness (QED) is 0.0199. The molecule has 0 aliphatic rings. The van der Waals surface area contributed by atoms with Gasteiger partial charge in [-0.25, -0.2) is 0 Å². The third-order valence-corrected chi connectivity index (χ3v) is 57.6. The summed E-state index contributed by atoms with van der Waals surface area (Å²) >= 11 is 0. The van der Waals surface area contributed by atoms with Gasteiger partial charge in [0.15, 0.2) is 99.8 Å². The molecule has 0 aliphatic carbocycles. The fraction of sp³-hybridized carbons (Fsp3) is 1.00. The van der Waals surface area contributed by atoms with Crippen LogP contribution in [0.15, 0.2) is 0 Å². The molecule has 36 heteroatoms. The molecule has 0 heterocycles. The highest BCUT2D eigenvalue weighted by Crippen LogP contribution is 2.29. The Morgan fingerprint density at radius 1 is 0.189 bits per heavy atom. The fourth-order valence-electron chi connectivity index (χ4n) is 12.2. The second-order valence-electron chi connectivity index (χ2n) is 38.2. The van der Waals surface area contributed by atoms with E-state index in [9.17, 15) is 0 Å². The van der Waals surface area contributed by atoms with Crippen molar-refractivity contribution in [3.05, 3.63) is 0 Å². The molecule has 0 aliphatic heterocycles. The van der Waals surface area contributed by atoms with Crippen molar-refractivity contribution in [2.45, 2.75) is 366 Å². The second-order valence-corrected chi connectivity index (χ2v) is 91.9. The van der Waals surface area contributed by atoms with Crippen molar-refractivity contribution in [3.8, 4) is 0 Å². The zero-order valence-electron chi connectivity index (χ0n) is 77.3. The van der Waals surface area contributed by atoms with E-state index in [1.54, 1.807) is 0 Å². The zero-order chi connectivity index (χ0) is 87.5. The monoisotopic (exact) mass is 1810 g/mol. The number of hydrogen-bond donors (Lipinski definition) is 12. The minimum absolute atomic E-state index is 0.216. The lowest BCUT2D eigenvalue weighted by Crippen LogP contribution is -2.44. The first-order valence-corrected chi connectivity index (χ1v) is 80.3. The van der Waals surface area contributed by atoms with Crippen LogP contribution in [0.3, 0.4) is 0 Å². The maximum Gasteiger partial charge on any atom is 0.173 e. The SMILES string of the molecule is CCCC[Si](C)(C)O[Si](C)(C)CCCOCC(O)CO.CCCC[Si](C)(C)O[Si](C)(C)CCCOCC(O)CO.CCCC[Si](C)(C)O[Si](C)(C)CCCOCC(O)CO.C[Si](C)(C)O[Si](C)(C)CCCOCC(O)CO.C[Si](C)(C)O[Si](C)(C)CCCOCC(O)CO.C[Si](C)(C)O[Si](C)(C)CCCOCC(O)CO. The van der Waals surface area contributed by atoms with Crippen LogP contribution in [0.5, 0.6) is 0 Å². The lowest BCUT2D eigenvalue weighted by molar-refractivity contribution is 0.00639. The van der Waals surface area contributed by atoms with Crippen LogP contribution < -0.4 is 0 Å². The highest BCUT2D eigenvalue weighted by molar-refractivity contribution is 6.87. The van der Waals surface area contributed by atoms with E-state index in [1.165, 1.54) is 56.7 Å². The van der Waals surface area contributed by atoms with Crippen LogP contribution in [-0.2, 0) is 53.1 Å². The molecule has 0 saturated carbocycles. The fourth-order valence-corrected chi connectivity index (χ4v) is 63.3. The lowest BCUT2D eigenvalue weighted by atomic mass is 10.4. The summed E-state index contributed by atoms with van der Waals surface area (Å²) in [7, 11) is -18.3. The molecule has 678 valence electrons. The van der Waals surface area contributed by atoms with Crippen molar-refractivity contribution in [2.24, 2.45) is 0 Å².